The van der Waals surface area contributed by atoms with Crippen LogP contribution in [0.15, 0.2) is 18.2 Å². The molecular weight excluding hydrogens is 288 g/mol. The molecule has 0 aliphatic carbocycles. The molecule has 4 nitrogen and oxygen atoms in total. The van der Waals surface area contributed by atoms with Crippen LogP contribution >= 0.6 is 12.4 Å². The maximum Gasteiger partial charge on any atom is 0.254 e. The van der Waals surface area contributed by atoms with Crippen molar-refractivity contribution >= 4 is 18.3 Å². The second kappa shape index (κ2) is 8.14. The van der Waals surface area contributed by atoms with Gasteiger partial charge in [0, 0.05) is 39.3 Å². The van der Waals surface area contributed by atoms with Gasteiger partial charge in [-0.15, -0.1) is 12.4 Å². The highest BCUT2D eigenvalue weighted by Crippen LogP contribution is 2.09. The van der Waals surface area contributed by atoms with Gasteiger partial charge in [-0.25, -0.2) is 8.78 Å². The molecular formula is C13H18ClF2N3O. The molecule has 1 aliphatic rings. The summed E-state index contributed by atoms with van der Waals surface area (Å²) in [6.07, 6.45) is 0. The Balaban J connectivity index is 0.00000200. The van der Waals surface area contributed by atoms with Crippen LogP contribution in [0.3, 0.4) is 0 Å². The molecule has 7 heteroatoms. The maximum absolute atomic E-state index is 13.4. The van der Waals surface area contributed by atoms with Crippen molar-refractivity contribution in [3.63, 3.8) is 0 Å². The molecule has 1 amide bonds. The van der Waals surface area contributed by atoms with Crippen LogP contribution in [0.1, 0.15) is 10.4 Å². The van der Waals surface area contributed by atoms with Gasteiger partial charge in [0.25, 0.3) is 5.91 Å². The molecule has 0 radical (unpaired) electrons. The van der Waals surface area contributed by atoms with Crippen molar-refractivity contribution in [3.05, 3.63) is 35.4 Å². The van der Waals surface area contributed by atoms with Crippen molar-refractivity contribution in [2.45, 2.75) is 0 Å². The zero-order valence-corrected chi connectivity index (χ0v) is 11.8. The van der Waals surface area contributed by atoms with Gasteiger partial charge < -0.3 is 10.6 Å². The zero-order chi connectivity index (χ0) is 13.7. The van der Waals surface area contributed by atoms with Crippen molar-refractivity contribution in [1.82, 2.24) is 15.5 Å². The molecule has 112 valence electrons. The highest BCUT2D eigenvalue weighted by Gasteiger charge is 2.13. The topological polar surface area (TPSA) is 44.4 Å². The van der Waals surface area contributed by atoms with Crippen LogP contribution in [-0.2, 0) is 0 Å². The smallest absolute Gasteiger partial charge is 0.254 e. The van der Waals surface area contributed by atoms with Crippen LogP contribution in [0.4, 0.5) is 8.78 Å². The molecule has 0 aromatic heterocycles. The molecule has 0 bridgehead atoms. The van der Waals surface area contributed by atoms with E-state index in [0.29, 0.717) is 13.1 Å². The number of carbonyl (C=O) groups excluding carboxylic acids is 1. The molecule has 1 heterocycles. The lowest BCUT2D eigenvalue weighted by Crippen LogP contribution is -2.46. The first-order chi connectivity index (χ1) is 9.16. The van der Waals surface area contributed by atoms with Crippen LogP contribution in [0.5, 0.6) is 0 Å². The summed E-state index contributed by atoms with van der Waals surface area (Å²) in [5.41, 5.74) is -0.250. The summed E-state index contributed by atoms with van der Waals surface area (Å²) in [6, 6.07) is 2.86. The normalized spacial score (nSPS) is 15.5. The predicted molar refractivity (Wildman–Crippen MR) is 75.2 cm³/mol. The van der Waals surface area contributed by atoms with Gasteiger partial charge in [-0.3, -0.25) is 9.69 Å². The van der Waals surface area contributed by atoms with E-state index in [4.69, 9.17) is 0 Å². The van der Waals surface area contributed by atoms with Crippen LogP contribution in [0, 0.1) is 11.6 Å². The summed E-state index contributed by atoms with van der Waals surface area (Å²) < 4.78 is 26.3. The fourth-order valence-electron chi connectivity index (χ4n) is 2.03. The zero-order valence-electron chi connectivity index (χ0n) is 11.0. The Bertz CT molecular complexity index is 453. The van der Waals surface area contributed by atoms with Gasteiger partial charge in [0.1, 0.15) is 11.6 Å². The second-order valence-corrected chi connectivity index (χ2v) is 4.47. The summed E-state index contributed by atoms with van der Waals surface area (Å²) in [6.45, 7) is 4.88. The molecule has 0 atom stereocenters. The van der Waals surface area contributed by atoms with Crippen molar-refractivity contribution < 1.29 is 13.6 Å². The Hall–Kier alpha value is -1.24. The van der Waals surface area contributed by atoms with Crippen molar-refractivity contribution in [2.24, 2.45) is 0 Å². The monoisotopic (exact) mass is 305 g/mol. The molecule has 1 aromatic carbocycles. The maximum atomic E-state index is 13.4. The van der Waals surface area contributed by atoms with Gasteiger partial charge in [0.2, 0.25) is 0 Å². The number of hydrogen-bond acceptors (Lipinski definition) is 3. The fourth-order valence-corrected chi connectivity index (χ4v) is 2.03. The average molecular weight is 306 g/mol. The average Bonchev–Trinajstić information content (AvgIpc) is 2.42. The van der Waals surface area contributed by atoms with Crippen LogP contribution < -0.4 is 10.6 Å². The number of nitrogens with one attached hydrogen (secondary N) is 2. The van der Waals surface area contributed by atoms with E-state index in [-0.39, 0.29) is 18.0 Å². The van der Waals surface area contributed by atoms with Gasteiger partial charge in [0.15, 0.2) is 0 Å². The Labute approximate surface area is 122 Å². The van der Waals surface area contributed by atoms with Gasteiger partial charge in [-0.1, -0.05) is 0 Å². The van der Waals surface area contributed by atoms with E-state index >= 15 is 0 Å². The number of carbonyl (C=O) groups is 1. The molecule has 0 spiro atoms. The lowest BCUT2D eigenvalue weighted by molar-refractivity contribution is 0.0942. The number of hydrogen-bond donors (Lipinski definition) is 2. The summed E-state index contributed by atoms with van der Waals surface area (Å²) in [7, 11) is 0. The van der Waals surface area contributed by atoms with Crippen LogP contribution in [0.2, 0.25) is 0 Å². The van der Waals surface area contributed by atoms with E-state index in [1.54, 1.807) is 0 Å². The third-order valence-electron chi connectivity index (χ3n) is 3.10. The lowest BCUT2D eigenvalue weighted by Gasteiger charge is -2.27. The van der Waals surface area contributed by atoms with Crippen LogP contribution in [0.25, 0.3) is 0 Å². The quantitative estimate of drug-likeness (QED) is 0.873. The highest BCUT2D eigenvalue weighted by molar-refractivity contribution is 5.94. The summed E-state index contributed by atoms with van der Waals surface area (Å²) in [5.74, 6) is -1.90. The van der Waals surface area contributed by atoms with Crippen LogP contribution in [-0.4, -0.2) is 50.1 Å². The number of piperazine rings is 1. The number of halogens is 3. The minimum absolute atomic E-state index is 0. The summed E-state index contributed by atoms with van der Waals surface area (Å²) in [5, 5.41) is 5.84. The molecule has 1 saturated heterocycles. The molecule has 2 rings (SSSR count). The number of benzene rings is 1. The largest absolute Gasteiger partial charge is 0.351 e. The van der Waals surface area contributed by atoms with Gasteiger partial charge in [-0.05, 0) is 18.2 Å². The van der Waals surface area contributed by atoms with E-state index in [2.05, 4.69) is 15.5 Å². The van der Waals surface area contributed by atoms with E-state index in [0.717, 1.165) is 44.4 Å². The van der Waals surface area contributed by atoms with Gasteiger partial charge in [0.05, 0.1) is 5.56 Å². The Morgan fingerprint density at radius 1 is 1.30 bits per heavy atom. The Morgan fingerprint density at radius 3 is 2.70 bits per heavy atom. The standard InChI is InChI=1S/C13H17F2N3O.ClH/c14-10-1-2-12(15)11(9-10)13(19)17-5-8-18-6-3-16-4-7-18;/h1-2,9,16H,3-8H2,(H,17,19);1H. The molecule has 2 N–H and O–H groups in total. The van der Waals surface area contributed by atoms with E-state index < -0.39 is 17.5 Å². The van der Waals surface area contributed by atoms with E-state index in [9.17, 15) is 13.6 Å². The molecule has 20 heavy (non-hydrogen) atoms. The van der Waals surface area contributed by atoms with Gasteiger partial charge in [-0.2, -0.15) is 0 Å². The Morgan fingerprint density at radius 2 is 2.00 bits per heavy atom. The second-order valence-electron chi connectivity index (χ2n) is 4.47. The lowest BCUT2D eigenvalue weighted by atomic mass is 10.2. The third-order valence-corrected chi connectivity index (χ3v) is 3.10. The minimum atomic E-state index is -0.707. The molecule has 1 fully saturated rings. The first-order valence-electron chi connectivity index (χ1n) is 6.33. The van der Waals surface area contributed by atoms with E-state index in [1.165, 1.54) is 0 Å². The molecule has 1 aromatic rings. The summed E-state index contributed by atoms with van der Waals surface area (Å²) in [4.78, 5) is 13.9. The van der Waals surface area contributed by atoms with Crippen molar-refractivity contribution in [2.75, 3.05) is 39.3 Å². The molecule has 0 saturated carbocycles. The Kier molecular flexibility index (Phi) is 6.84. The molecule has 1 aliphatic heterocycles. The number of nitrogens with zero attached hydrogens (tertiary/aromatic N) is 1. The number of rotatable bonds is 4. The molecule has 0 unspecified atom stereocenters. The van der Waals surface area contributed by atoms with Crippen molar-refractivity contribution in [1.29, 1.82) is 0 Å². The van der Waals surface area contributed by atoms with E-state index in [1.807, 2.05) is 0 Å². The number of amides is 1. The third kappa shape index (κ3) is 4.70. The predicted octanol–water partition coefficient (Wildman–Crippen LogP) is 1.02. The highest BCUT2D eigenvalue weighted by atomic mass is 35.5. The van der Waals surface area contributed by atoms with Gasteiger partial charge >= 0.3 is 0 Å². The summed E-state index contributed by atoms with van der Waals surface area (Å²) >= 11 is 0. The SMILES string of the molecule is Cl.O=C(NCCN1CCNCC1)c1cc(F)ccc1F. The van der Waals surface area contributed by atoms with Crippen molar-refractivity contribution in [3.8, 4) is 0 Å². The minimum Gasteiger partial charge on any atom is -0.351 e. The fraction of sp³-hybridized carbons (Fsp3) is 0.462. The first kappa shape index (κ1) is 16.8. The first-order valence-corrected chi connectivity index (χ1v) is 6.33.